The van der Waals surface area contributed by atoms with E-state index in [0.29, 0.717) is 19.6 Å². The summed E-state index contributed by atoms with van der Waals surface area (Å²) in [5.41, 5.74) is 6.58. The van der Waals surface area contributed by atoms with Gasteiger partial charge in [-0.2, -0.15) is 0 Å². The van der Waals surface area contributed by atoms with Crippen LogP contribution in [-0.2, 0) is 11.3 Å². The summed E-state index contributed by atoms with van der Waals surface area (Å²) in [6.07, 6.45) is 0.796. The molecule has 1 aromatic rings. The molecule has 90 valence electrons. The maximum Gasteiger partial charge on any atom is 0.298 e. The van der Waals surface area contributed by atoms with Gasteiger partial charge in [-0.05, 0) is 31.4 Å². The fourth-order valence-electron chi connectivity index (χ4n) is 1.52. The molecule has 0 atom stereocenters. The van der Waals surface area contributed by atoms with E-state index in [1.165, 1.54) is 0 Å². The van der Waals surface area contributed by atoms with E-state index in [1.807, 2.05) is 30.3 Å². The molecule has 17 heavy (non-hydrogen) atoms. The van der Waals surface area contributed by atoms with Crippen LogP contribution in [0.15, 0.2) is 30.3 Å². The van der Waals surface area contributed by atoms with E-state index in [2.05, 4.69) is 11.8 Å². The van der Waals surface area contributed by atoms with Crippen LogP contribution in [0.5, 0.6) is 0 Å². The first-order valence-electron chi connectivity index (χ1n) is 5.73. The summed E-state index contributed by atoms with van der Waals surface area (Å²) >= 11 is 0. The van der Waals surface area contributed by atoms with E-state index in [0.717, 1.165) is 12.0 Å². The lowest BCUT2D eigenvalue weighted by molar-refractivity contribution is -0.125. The van der Waals surface area contributed by atoms with Gasteiger partial charge in [-0.15, -0.1) is 0 Å². The zero-order valence-electron chi connectivity index (χ0n) is 10.1. The van der Waals surface area contributed by atoms with Gasteiger partial charge in [-0.3, -0.25) is 4.79 Å². The molecule has 0 fully saturated rings. The number of rotatable bonds is 5. The summed E-state index contributed by atoms with van der Waals surface area (Å²) in [7, 11) is 0. The molecule has 0 aromatic heterocycles. The van der Waals surface area contributed by atoms with Gasteiger partial charge in [0.1, 0.15) is 0 Å². The van der Waals surface area contributed by atoms with Crippen molar-refractivity contribution in [1.29, 1.82) is 0 Å². The fraction of sp³-hybridized carbons (Fsp3) is 0.357. The van der Waals surface area contributed by atoms with Crippen LogP contribution in [0.1, 0.15) is 18.9 Å². The Labute approximate surface area is 103 Å². The molecular formula is C14H18N2O. The number of nitrogens with zero attached hydrogens (tertiary/aromatic N) is 1. The summed E-state index contributed by atoms with van der Waals surface area (Å²) in [5, 5.41) is 0. The topological polar surface area (TPSA) is 46.3 Å². The Hall–Kier alpha value is -1.79. The average Bonchev–Trinajstić information content (AvgIpc) is 2.36. The van der Waals surface area contributed by atoms with Crippen molar-refractivity contribution in [2.75, 3.05) is 13.1 Å². The second-order valence-electron chi connectivity index (χ2n) is 3.73. The Bertz CT molecular complexity index is 403. The minimum atomic E-state index is -0.134. The average molecular weight is 230 g/mol. The monoisotopic (exact) mass is 230 g/mol. The quantitative estimate of drug-likeness (QED) is 0.777. The first-order chi connectivity index (χ1) is 8.27. The molecule has 0 heterocycles. The van der Waals surface area contributed by atoms with E-state index in [4.69, 9.17) is 5.73 Å². The van der Waals surface area contributed by atoms with E-state index in [-0.39, 0.29) is 5.91 Å². The molecule has 1 amide bonds. The predicted octanol–water partition coefficient (Wildman–Crippen LogP) is 1.39. The van der Waals surface area contributed by atoms with Gasteiger partial charge in [0.2, 0.25) is 0 Å². The normalized spacial score (nSPS) is 9.29. The van der Waals surface area contributed by atoms with Gasteiger partial charge in [-0.1, -0.05) is 36.3 Å². The first kappa shape index (κ1) is 13.3. The molecule has 1 aromatic carbocycles. The number of hydrogen-bond donors (Lipinski definition) is 1. The summed E-state index contributed by atoms with van der Waals surface area (Å²) in [6.45, 7) is 3.49. The van der Waals surface area contributed by atoms with E-state index >= 15 is 0 Å². The van der Waals surface area contributed by atoms with Gasteiger partial charge >= 0.3 is 0 Å². The van der Waals surface area contributed by atoms with Crippen LogP contribution in [0.3, 0.4) is 0 Å². The lowest BCUT2D eigenvalue weighted by atomic mass is 10.2. The van der Waals surface area contributed by atoms with Crippen molar-refractivity contribution >= 4 is 5.91 Å². The Kier molecular flexibility index (Phi) is 5.84. The highest BCUT2D eigenvalue weighted by molar-refractivity contribution is 5.93. The fourth-order valence-corrected chi connectivity index (χ4v) is 1.52. The van der Waals surface area contributed by atoms with E-state index in [9.17, 15) is 4.79 Å². The Balaban J connectivity index is 2.68. The lowest BCUT2D eigenvalue weighted by Gasteiger charge is -2.19. The van der Waals surface area contributed by atoms with Gasteiger partial charge < -0.3 is 10.6 Å². The predicted molar refractivity (Wildman–Crippen MR) is 69.0 cm³/mol. The molecule has 0 unspecified atom stereocenters. The van der Waals surface area contributed by atoms with Crippen LogP contribution in [0.25, 0.3) is 0 Å². The molecule has 0 saturated heterocycles. The van der Waals surface area contributed by atoms with Gasteiger partial charge in [-0.25, -0.2) is 0 Å². The molecule has 0 spiro atoms. The largest absolute Gasteiger partial charge is 0.330 e. The number of hydrogen-bond acceptors (Lipinski definition) is 2. The van der Waals surface area contributed by atoms with Crippen molar-refractivity contribution in [3.05, 3.63) is 35.9 Å². The molecule has 0 saturated carbocycles. The minimum Gasteiger partial charge on any atom is -0.330 e. The number of amides is 1. The molecule has 0 bridgehead atoms. The van der Waals surface area contributed by atoms with Crippen molar-refractivity contribution in [2.45, 2.75) is 19.9 Å². The van der Waals surface area contributed by atoms with E-state index < -0.39 is 0 Å². The van der Waals surface area contributed by atoms with Crippen LogP contribution in [0.4, 0.5) is 0 Å². The summed E-state index contributed by atoms with van der Waals surface area (Å²) in [5.74, 6) is 5.07. The molecule has 3 nitrogen and oxygen atoms in total. The summed E-state index contributed by atoms with van der Waals surface area (Å²) in [6, 6.07) is 9.89. The lowest BCUT2D eigenvalue weighted by Crippen LogP contribution is -2.31. The van der Waals surface area contributed by atoms with E-state index in [1.54, 1.807) is 11.8 Å². The highest BCUT2D eigenvalue weighted by Gasteiger charge is 2.10. The number of carbonyl (C=O) groups excluding carboxylic acids is 1. The van der Waals surface area contributed by atoms with Crippen LogP contribution in [0, 0.1) is 11.8 Å². The van der Waals surface area contributed by atoms with Gasteiger partial charge in [0.05, 0.1) is 0 Å². The van der Waals surface area contributed by atoms with Crippen LogP contribution < -0.4 is 5.73 Å². The zero-order chi connectivity index (χ0) is 12.5. The number of benzene rings is 1. The molecule has 0 aliphatic heterocycles. The molecular weight excluding hydrogens is 212 g/mol. The minimum absolute atomic E-state index is 0.134. The summed E-state index contributed by atoms with van der Waals surface area (Å²) < 4.78 is 0. The smallest absolute Gasteiger partial charge is 0.298 e. The Morgan fingerprint density at radius 1 is 1.35 bits per heavy atom. The van der Waals surface area contributed by atoms with Crippen LogP contribution in [-0.4, -0.2) is 23.9 Å². The van der Waals surface area contributed by atoms with Gasteiger partial charge in [0.15, 0.2) is 0 Å². The Morgan fingerprint density at radius 3 is 2.65 bits per heavy atom. The maximum atomic E-state index is 11.8. The number of nitrogens with two attached hydrogens (primary N) is 1. The van der Waals surface area contributed by atoms with Crippen molar-refractivity contribution in [3.63, 3.8) is 0 Å². The molecule has 0 aliphatic carbocycles. The van der Waals surface area contributed by atoms with Crippen molar-refractivity contribution in [1.82, 2.24) is 4.90 Å². The second-order valence-corrected chi connectivity index (χ2v) is 3.73. The Morgan fingerprint density at radius 2 is 2.06 bits per heavy atom. The highest BCUT2D eigenvalue weighted by atomic mass is 16.2. The van der Waals surface area contributed by atoms with Crippen LogP contribution in [0.2, 0.25) is 0 Å². The third kappa shape index (κ3) is 4.71. The number of carbonyl (C=O) groups is 1. The molecule has 0 radical (unpaired) electrons. The van der Waals surface area contributed by atoms with Gasteiger partial charge in [0.25, 0.3) is 5.91 Å². The standard InChI is InChI=1S/C14H18N2O/c1-2-7-14(17)16(11-6-10-15)12-13-8-4-3-5-9-13/h3-5,8-9H,6,10-12,15H2,1H3. The molecule has 3 heteroatoms. The van der Waals surface area contributed by atoms with Crippen molar-refractivity contribution in [3.8, 4) is 11.8 Å². The third-order valence-electron chi connectivity index (χ3n) is 2.37. The van der Waals surface area contributed by atoms with Gasteiger partial charge in [0, 0.05) is 13.1 Å². The SMILES string of the molecule is CC#CC(=O)N(CCCN)Cc1ccccc1. The van der Waals surface area contributed by atoms with Crippen LogP contribution >= 0.6 is 0 Å². The molecule has 0 aliphatic rings. The first-order valence-corrected chi connectivity index (χ1v) is 5.73. The highest BCUT2D eigenvalue weighted by Crippen LogP contribution is 2.05. The second kappa shape index (κ2) is 7.48. The maximum absolute atomic E-state index is 11.8. The molecule has 1 rings (SSSR count). The molecule has 2 N–H and O–H groups in total. The van der Waals surface area contributed by atoms with Crippen molar-refractivity contribution in [2.24, 2.45) is 5.73 Å². The zero-order valence-corrected chi connectivity index (χ0v) is 10.1. The third-order valence-corrected chi connectivity index (χ3v) is 2.37. The summed E-state index contributed by atoms with van der Waals surface area (Å²) in [4.78, 5) is 13.5. The van der Waals surface area contributed by atoms with Crippen molar-refractivity contribution < 1.29 is 4.79 Å².